The van der Waals surface area contributed by atoms with Gasteiger partial charge in [0.25, 0.3) is 0 Å². The number of aromatic carboxylic acids is 1. The number of nitrogens with zero attached hydrogens (tertiary/aromatic N) is 2. The average Bonchev–Trinajstić information content (AvgIpc) is 3.16. The Morgan fingerprint density at radius 1 is 0.926 bits per heavy atom. The predicted octanol–water partition coefficient (Wildman–Crippen LogP) is 2.98. The van der Waals surface area contributed by atoms with Crippen molar-refractivity contribution in [1.29, 1.82) is 0 Å². The van der Waals surface area contributed by atoms with Crippen LogP contribution >= 0.6 is 0 Å². The minimum atomic E-state index is -3.80. The Morgan fingerprint density at radius 2 is 1.63 bits per heavy atom. The molecular formula is C20H18N2O4S. The van der Waals surface area contributed by atoms with E-state index in [-0.39, 0.29) is 10.5 Å². The second kappa shape index (κ2) is 6.68. The van der Waals surface area contributed by atoms with Gasteiger partial charge in [0, 0.05) is 25.0 Å². The molecule has 2 aromatic carbocycles. The second-order valence-electron chi connectivity index (χ2n) is 6.38. The largest absolute Gasteiger partial charge is 0.478 e. The summed E-state index contributed by atoms with van der Waals surface area (Å²) < 4.78 is 30.3. The zero-order chi connectivity index (χ0) is 19.0. The minimum Gasteiger partial charge on any atom is -0.478 e. The van der Waals surface area contributed by atoms with E-state index in [9.17, 15) is 13.2 Å². The molecule has 6 nitrogen and oxygen atoms in total. The van der Waals surface area contributed by atoms with Gasteiger partial charge >= 0.3 is 5.97 Å². The molecule has 1 aliphatic heterocycles. The van der Waals surface area contributed by atoms with Crippen molar-refractivity contribution in [3.05, 3.63) is 89.7 Å². The molecule has 0 spiro atoms. The van der Waals surface area contributed by atoms with Crippen molar-refractivity contribution in [2.75, 3.05) is 6.54 Å². The topological polar surface area (TPSA) is 79.6 Å². The Hall–Kier alpha value is -2.90. The van der Waals surface area contributed by atoms with Crippen molar-refractivity contribution in [2.24, 2.45) is 0 Å². The van der Waals surface area contributed by atoms with E-state index in [1.165, 1.54) is 28.6 Å². The fourth-order valence-corrected chi connectivity index (χ4v) is 5.08. The van der Waals surface area contributed by atoms with Gasteiger partial charge in [-0.1, -0.05) is 30.3 Å². The van der Waals surface area contributed by atoms with Gasteiger partial charge in [-0.15, -0.1) is 0 Å². The number of benzene rings is 2. The van der Waals surface area contributed by atoms with Crippen LogP contribution in [0.15, 0.2) is 77.8 Å². The third-order valence-electron chi connectivity index (χ3n) is 4.82. The number of fused-ring (bicyclic) bond motifs is 1. The summed E-state index contributed by atoms with van der Waals surface area (Å²) in [6, 6.07) is 18.3. The Bertz CT molecular complexity index is 1070. The van der Waals surface area contributed by atoms with E-state index in [0.29, 0.717) is 13.1 Å². The zero-order valence-corrected chi connectivity index (χ0v) is 15.2. The molecule has 0 saturated carbocycles. The summed E-state index contributed by atoms with van der Waals surface area (Å²) in [6.07, 6.45) is 1.96. The van der Waals surface area contributed by atoms with Crippen LogP contribution in [0.4, 0.5) is 0 Å². The van der Waals surface area contributed by atoms with E-state index in [1.807, 2.05) is 48.7 Å². The lowest BCUT2D eigenvalue weighted by Gasteiger charge is -2.36. The molecule has 3 aromatic rings. The van der Waals surface area contributed by atoms with E-state index in [0.717, 1.165) is 11.3 Å². The highest BCUT2D eigenvalue weighted by Gasteiger charge is 2.37. The first-order valence-corrected chi connectivity index (χ1v) is 9.98. The van der Waals surface area contributed by atoms with Crippen molar-refractivity contribution < 1.29 is 18.3 Å². The molecule has 1 aliphatic rings. The number of carboxylic acids is 1. The van der Waals surface area contributed by atoms with Crippen molar-refractivity contribution in [1.82, 2.24) is 8.87 Å². The van der Waals surface area contributed by atoms with Crippen LogP contribution in [0.5, 0.6) is 0 Å². The molecule has 1 aromatic heterocycles. The summed E-state index contributed by atoms with van der Waals surface area (Å²) in [4.78, 5) is 11.1. The highest BCUT2D eigenvalue weighted by Crippen LogP contribution is 2.36. The van der Waals surface area contributed by atoms with Crippen molar-refractivity contribution in [2.45, 2.75) is 17.5 Å². The fourth-order valence-electron chi connectivity index (χ4n) is 3.50. The monoisotopic (exact) mass is 382 g/mol. The number of rotatable bonds is 4. The van der Waals surface area contributed by atoms with E-state index < -0.39 is 22.0 Å². The third-order valence-corrected chi connectivity index (χ3v) is 6.70. The van der Waals surface area contributed by atoms with Crippen LogP contribution in [0.25, 0.3) is 0 Å². The summed E-state index contributed by atoms with van der Waals surface area (Å²) >= 11 is 0. The molecule has 2 heterocycles. The van der Waals surface area contributed by atoms with Crippen LogP contribution in [0, 0.1) is 0 Å². The van der Waals surface area contributed by atoms with Gasteiger partial charge in [-0.3, -0.25) is 0 Å². The molecular weight excluding hydrogens is 364 g/mol. The minimum absolute atomic E-state index is 0.0566. The van der Waals surface area contributed by atoms with Gasteiger partial charge in [0.15, 0.2) is 0 Å². The number of sulfonamides is 1. The molecule has 0 fully saturated rings. The fraction of sp³-hybridized carbons (Fsp3) is 0.150. The zero-order valence-electron chi connectivity index (χ0n) is 14.4. The lowest BCUT2D eigenvalue weighted by molar-refractivity contribution is 0.0696. The maximum atomic E-state index is 13.4. The Kier molecular flexibility index (Phi) is 4.33. The lowest BCUT2D eigenvalue weighted by atomic mass is 10.0. The molecule has 27 heavy (non-hydrogen) atoms. The van der Waals surface area contributed by atoms with E-state index >= 15 is 0 Å². The van der Waals surface area contributed by atoms with E-state index in [1.54, 1.807) is 0 Å². The third kappa shape index (κ3) is 3.05. The average molecular weight is 382 g/mol. The molecule has 138 valence electrons. The Morgan fingerprint density at radius 3 is 2.30 bits per heavy atom. The second-order valence-corrected chi connectivity index (χ2v) is 8.28. The normalized spacial score (nSPS) is 17.4. The highest BCUT2D eigenvalue weighted by molar-refractivity contribution is 7.89. The SMILES string of the molecule is O=C(O)c1ccc(S(=O)(=O)N2CCn3cccc3C2c2ccccc2)cc1. The summed E-state index contributed by atoms with van der Waals surface area (Å²) in [5, 5.41) is 9.04. The van der Waals surface area contributed by atoms with Gasteiger partial charge in [-0.05, 0) is 42.0 Å². The van der Waals surface area contributed by atoms with Crippen LogP contribution in [-0.4, -0.2) is 34.9 Å². The number of hydrogen-bond donors (Lipinski definition) is 1. The maximum Gasteiger partial charge on any atom is 0.335 e. The number of carboxylic acid groups (broad SMARTS) is 1. The predicted molar refractivity (Wildman–Crippen MR) is 100 cm³/mol. The van der Waals surface area contributed by atoms with Gasteiger partial charge in [0.2, 0.25) is 10.0 Å². The van der Waals surface area contributed by atoms with Gasteiger partial charge < -0.3 is 9.67 Å². The van der Waals surface area contributed by atoms with Crippen LogP contribution in [0.1, 0.15) is 27.7 Å². The van der Waals surface area contributed by atoms with Gasteiger partial charge in [0.05, 0.1) is 16.5 Å². The molecule has 0 radical (unpaired) electrons. The standard InChI is InChI=1S/C20H18N2O4S/c23-20(24)16-8-10-17(11-9-16)27(25,26)22-14-13-21-12-4-7-18(21)19(22)15-5-2-1-3-6-15/h1-12,19H,13-14H2,(H,23,24). The molecule has 7 heteroatoms. The molecule has 0 aliphatic carbocycles. The first-order valence-electron chi connectivity index (χ1n) is 8.53. The van der Waals surface area contributed by atoms with Gasteiger partial charge in [-0.2, -0.15) is 4.31 Å². The molecule has 0 saturated heterocycles. The maximum absolute atomic E-state index is 13.4. The summed E-state index contributed by atoms with van der Waals surface area (Å²) in [7, 11) is -3.80. The first-order chi connectivity index (χ1) is 13.0. The first kappa shape index (κ1) is 17.5. The molecule has 0 bridgehead atoms. The van der Waals surface area contributed by atoms with Crippen molar-refractivity contribution in [3.63, 3.8) is 0 Å². The number of aromatic nitrogens is 1. The highest BCUT2D eigenvalue weighted by atomic mass is 32.2. The number of hydrogen-bond acceptors (Lipinski definition) is 3. The van der Waals surface area contributed by atoms with Crippen LogP contribution < -0.4 is 0 Å². The van der Waals surface area contributed by atoms with Crippen molar-refractivity contribution >= 4 is 16.0 Å². The quantitative estimate of drug-likeness (QED) is 0.752. The molecule has 1 atom stereocenters. The summed E-state index contributed by atoms with van der Waals surface area (Å²) in [6.45, 7) is 0.905. The summed E-state index contributed by atoms with van der Waals surface area (Å²) in [5.41, 5.74) is 1.86. The lowest BCUT2D eigenvalue weighted by Crippen LogP contribution is -2.42. The summed E-state index contributed by atoms with van der Waals surface area (Å²) in [5.74, 6) is -1.09. The van der Waals surface area contributed by atoms with Crippen LogP contribution in [0.3, 0.4) is 0 Å². The van der Waals surface area contributed by atoms with E-state index in [4.69, 9.17) is 5.11 Å². The molecule has 0 amide bonds. The molecule has 1 unspecified atom stereocenters. The van der Waals surface area contributed by atoms with Crippen LogP contribution in [-0.2, 0) is 16.6 Å². The molecule has 1 N–H and O–H groups in total. The Balaban J connectivity index is 1.80. The van der Waals surface area contributed by atoms with Crippen molar-refractivity contribution in [3.8, 4) is 0 Å². The van der Waals surface area contributed by atoms with Gasteiger partial charge in [0.1, 0.15) is 0 Å². The van der Waals surface area contributed by atoms with Gasteiger partial charge in [-0.25, -0.2) is 13.2 Å². The van der Waals surface area contributed by atoms with E-state index in [2.05, 4.69) is 4.57 Å². The molecule has 4 rings (SSSR count). The number of carbonyl (C=O) groups is 1. The Labute approximate surface area is 157 Å². The smallest absolute Gasteiger partial charge is 0.335 e. The van der Waals surface area contributed by atoms with Crippen LogP contribution in [0.2, 0.25) is 0 Å².